The number of benzene rings is 9. The van der Waals surface area contributed by atoms with E-state index in [9.17, 15) is 0 Å². The molecule has 0 N–H and O–H groups in total. The molecule has 266 valence electrons. The van der Waals surface area contributed by atoms with Crippen molar-refractivity contribution >= 4 is 27.8 Å². The lowest BCUT2D eigenvalue weighted by Gasteiger charge is -2.30. The zero-order chi connectivity index (χ0) is 37.6. The Kier molecular flexibility index (Phi) is 8.23. The first-order valence-electron chi connectivity index (χ1n) is 19.5. The minimum atomic E-state index is -0.190. The van der Waals surface area contributed by atoms with Crippen LogP contribution in [-0.2, 0) is 5.41 Å². The molecule has 9 aromatic rings. The van der Waals surface area contributed by atoms with Crippen LogP contribution in [0.2, 0.25) is 0 Å². The van der Waals surface area contributed by atoms with Crippen LogP contribution in [0.15, 0.2) is 212 Å². The molecule has 1 nitrogen and oxygen atoms in total. The summed E-state index contributed by atoms with van der Waals surface area (Å²) in [5.41, 5.74) is 18.3. The van der Waals surface area contributed by atoms with E-state index in [1.165, 1.54) is 77.5 Å². The number of nitrogens with zero attached hydrogens (tertiary/aromatic N) is 1. The highest BCUT2D eigenvalue weighted by Crippen LogP contribution is 2.54. The lowest BCUT2D eigenvalue weighted by atomic mass is 9.81. The zero-order valence-electron chi connectivity index (χ0n) is 31.7. The Morgan fingerprint density at radius 3 is 1.55 bits per heavy atom. The first-order valence-corrected chi connectivity index (χ1v) is 19.5. The monoisotopic (exact) mass is 715 g/mol. The van der Waals surface area contributed by atoms with Crippen molar-refractivity contribution in [1.29, 1.82) is 0 Å². The van der Waals surface area contributed by atoms with Crippen LogP contribution in [0.5, 0.6) is 0 Å². The minimum absolute atomic E-state index is 0.190. The average Bonchev–Trinajstić information content (AvgIpc) is 3.50. The Hall–Kier alpha value is -6.96. The highest BCUT2D eigenvalue weighted by molar-refractivity contribution is 6.00. The van der Waals surface area contributed by atoms with Gasteiger partial charge in [0.25, 0.3) is 0 Å². The van der Waals surface area contributed by atoms with Gasteiger partial charge >= 0.3 is 0 Å². The highest BCUT2D eigenvalue weighted by Gasteiger charge is 2.37. The fraction of sp³-hybridized carbons (Fsp3) is 0.0545. The molecule has 0 radical (unpaired) electrons. The fourth-order valence-corrected chi connectivity index (χ4v) is 8.78. The van der Waals surface area contributed by atoms with Crippen molar-refractivity contribution in [2.45, 2.75) is 19.3 Å². The summed E-state index contributed by atoms with van der Waals surface area (Å²) in [4.78, 5) is 2.48. The van der Waals surface area contributed by atoms with Crippen LogP contribution in [0.1, 0.15) is 25.0 Å². The summed E-state index contributed by atoms with van der Waals surface area (Å²) < 4.78 is 0. The lowest BCUT2D eigenvalue weighted by Crippen LogP contribution is -2.17. The maximum absolute atomic E-state index is 2.48. The Morgan fingerprint density at radius 1 is 0.321 bits per heavy atom. The Labute approximate surface area is 329 Å². The quantitative estimate of drug-likeness (QED) is 0.159. The van der Waals surface area contributed by atoms with Crippen LogP contribution in [0.25, 0.3) is 66.4 Å². The van der Waals surface area contributed by atoms with E-state index in [1.807, 2.05) is 0 Å². The van der Waals surface area contributed by atoms with E-state index < -0.39 is 0 Å². The van der Waals surface area contributed by atoms with Crippen LogP contribution < -0.4 is 4.90 Å². The summed E-state index contributed by atoms with van der Waals surface area (Å²) in [7, 11) is 0. The lowest BCUT2D eigenvalue weighted by molar-refractivity contribution is 0.660. The van der Waals surface area contributed by atoms with E-state index in [0.717, 1.165) is 17.1 Å². The second kappa shape index (κ2) is 13.7. The third-order valence-electron chi connectivity index (χ3n) is 11.6. The van der Waals surface area contributed by atoms with Gasteiger partial charge in [-0.15, -0.1) is 0 Å². The second-order valence-electron chi connectivity index (χ2n) is 15.4. The minimum Gasteiger partial charge on any atom is -0.310 e. The van der Waals surface area contributed by atoms with Gasteiger partial charge in [-0.25, -0.2) is 0 Å². The zero-order valence-corrected chi connectivity index (χ0v) is 31.7. The molecule has 0 spiro atoms. The van der Waals surface area contributed by atoms with Crippen molar-refractivity contribution in [2.75, 3.05) is 4.90 Å². The van der Waals surface area contributed by atoms with Crippen molar-refractivity contribution in [3.8, 4) is 55.6 Å². The van der Waals surface area contributed by atoms with Gasteiger partial charge in [0.2, 0.25) is 0 Å². The van der Waals surface area contributed by atoms with Crippen LogP contribution in [-0.4, -0.2) is 0 Å². The number of hydrogen-bond donors (Lipinski definition) is 0. The molecule has 1 aliphatic rings. The van der Waals surface area contributed by atoms with Gasteiger partial charge in [-0.1, -0.05) is 184 Å². The molecule has 0 aliphatic heterocycles. The fourth-order valence-electron chi connectivity index (χ4n) is 8.78. The number of rotatable bonds is 7. The van der Waals surface area contributed by atoms with Crippen LogP contribution >= 0.6 is 0 Å². The van der Waals surface area contributed by atoms with Gasteiger partial charge < -0.3 is 4.90 Å². The summed E-state index contributed by atoms with van der Waals surface area (Å²) in [5, 5.41) is 2.42. The molecule has 0 saturated heterocycles. The molecule has 10 rings (SSSR count). The molecule has 0 aromatic heterocycles. The van der Waals surface area contributed by atoms with Gasteiger partial charge in [0.1, 0.15) is 0 Å². The first-order chi connectivity index (χ1) is 27.5. The second-order valence-corrected chi connectivity index (χ2v) is 15.4. The first kappa shape index (κ1) is 33.6. The van der Waals surface area contributed by atoms with E-state index in [0.29, 0.717) is 0 Å². The predicted octanol–water partition coefficient (Wildman–Crippen LogP) is 15.3. The van der Waals surface area contributed by atoms with Crippen molar-refractivity contribution in [3.63, 3.8) is 0 Å². The summed E-state index contributed by atoms with van der Waals surface area (Å²) in [6.45, 7) is 4.76. The van der Waals surface area contributed by atoms with Crippen molar-refractivity contribution in [3.05, 3.63) is 223 Å². The third-order valence-corrected chi connectivity index (χ3v) is 11.6. The molecular formula is C55H41N. The molecular weight excluding hydrogens is 675 g/mol. The molecule has 0 amide bonds. The number of anilines is 3. The number of fused-ring (bicyclic) bond motifs is 4. The number of hydrogen-bond acceptors (Lipinski definition) is 1. The average molecular weight is 716 g/mol. The molecule has 0 atom stereocenters. The van der Waals surface area contributed by atoms with Gasteiger partial charge in [-0.2, -0.15) is 0 Å². The Balaban J connectivity index is 1.20. The topological polar surface area (TPSA) is 3.24 Å². The van der Waals surface area contributed by atoms with E-state index in [4.69, 9.17) is 0 Å². The van der Waals surface area contributed by atoms with Gasteiger partial charge in [0, 0.05) is 22.4 Å². The third kappa shape index (κ3) is 5.81. The Bertz CT molecular complexity index is 2850. The normalized spacial score (nSPS) is 12.6. The maximum atomic E-state index is 2.48. The molecule has 1 aliphatic carbocycles. The molecule has 0 unspecified atom stereocenters. The molecule has 0 bridgehead atoms. The molecule has 9 aromatic carbocycles. The van der Waals surface area contributed by atoms with Crippen LogP contribution in [0, 0.1) is 0 Å². The maximum Gasteiger partial charge on any atom is 0.0546 e. The SMILES string of the molecule is CC1(C)c2cc(N(c3ccc(-c4ccccc4)cc3)c3cc4ccccc4cc3-c3cccc(-c4ccccc4)c3)ccc2-c2c(-c3ccccc3)cccc21. The van der Waals surface area contributed by atoms with Gasteiger partial charge in [-0.3, -0.25) is 0 Å². The summed E-state index contributed by atoms with van der Waals surface area (Å²) in [6.07, 6.45) is 0. The predicted molar refractivity (Wildman–Crippen MR) is 238 cm³/mol. The Morgan fingerprint density at radius 2 is 0.857 bits per heavy atom. The summed E-state index contributed by atoms with van der Waals surface area (Å²) in [5.74, 6) is 0. The summed E-state index contributed by atoms with van der Waals surface area (Å²) in [6, 6.07) is 77.7. The standard InChI is InChI=1S/C55H41N/c1-55(2)51-27-15-26-48(41-20-10-5-11-21-41)54(51)49-33-32-47(37-52(49)55)56(46-30-28-40(29-31-46)38-16-6-3-7-17-38)53-36-44-23-13-12-22-43(44)35-50(53)45-25-14-24-42(34-45)39-18-8-4-9-19-39/h3-37H,1-2H3. The molecule has 0 fully saturated rings. The van der Waals surface area contributed by atoms with Crippen molar-refractivity contribution in [1.82, 2.24) is 0 Å². The van der Waals surface area contributed by atoms with Gasteiger partial charge in [0.05, 0.1) is 5.69 Å². The van der Waals surface area contributed by atoms with Crippen molar-refractivity contribution in [2.24, 2.45) is 0 Å². The smallest absolute Gasteiger partial charge is 0.0546 e. The largest absolute Gasteiger partial charge is 0.310 e. The van der Waals surface area contributed by atoms with E-state index in [1.54, 1.807) is 0 Å². The molecule has 56 heavy (non-hydrogen) atoms. The summed E-state index contributed by atoms with van der Waals surface area (Å²) >= 11 is 0. The molecule has 1 heteroatoms. The van der Waals surface area contributed by atoms with E-state index in [-0.39, 0.29) is 5.41 Å². The van der Waals surface area contributed by atoms with Gasteiger partial charge in [0.15, 0.2) is 0 Å². The van der Waals surface area contributed by atoms with E-state index in [2.05, 4.69) is 231 Å². The highest BCUT2D eigenvalue weighted by atomic mass is 15.1. The van der Waals surface area contributed by atoms with Crippen LogP contribution in [0.4, 0.5) is 17.1 Å². The van der Waals surface area contributed by atoms with E-state index >= 15 is 0 Å². The van der Waals surface area contributed by atoms with Gasteiger partial charge in [-0.05, 0) is 114 Å². The molecule has 0 saturated carbocycles. The molecule has 0 heterocycles. The van der Waals surface area contributed by atoms with Crippen molar-refractivity contribution < 1.29 is 0 Å². The van der Waals surface area contributed by atoms with Crippen LogP contribution in [0.3, 0.4) is 0 Å².